The van der Waals surface area contributed by atoms with Crippen molar-refractivity contribution in [3.63, 3.8) is 0 Å². The van der Waals surface area contributed by atoms with Crippen LogP contribution in [0.3, 0.4) is 0 Å². The Labute approximate surface area is 107 Å². The van der Waals surface area contributed by atoms with Gasteiger partial charge in [0.15, 0.2) is 0 Å². The minimum absolute atomic E-state index is 0.107. The molecule has 2 amide bonds. The molecule has 0 radical (unpaired) electrons. The number of hydrogen-bond acceptors (Lipinski definition) is 4. The predicted molar refractivity (Wildman–Crippen MR) is 69.1 cm³/mol. The van der Waals surface area contributed by atoms with Crippen LogP contribution in [0.4, 0.5) is 0 Å². The van der Waals surface area contributed by atoms with Crippen molar-refractivity contribution in [2.75, 3.05) is 12.3 Å². The van der Waals surface area contributed by atoms with Crippen LogP contribution in [0, 0.1) is 0 Å². The Morgan fingerprint density at radius 1 is 1.28 bits per heavy atom. The Kier molecular flexibility index (Phi) is 6.66. The molecule has 0 aromatic carbocycles. The second-order valence-electron chi connectivity index (χ2n) is 3.29. The number of carbonyl (C=O) groups excluding carboxylic acids is 2. The molecule has 100 valence electrons. The molecule has 0 saturated heterocycles. The number of amides is 2. The van der Waals surface area contributed by atoms with E-state index in [2.05, 4.69) is 18.5 Å². The van der Waals surface area contributed by atoms with E-state index in [4.69, 9.17) is 0 Å². The third kappa shape index (κ3) is 6.64. The van der Waals surface area contributed by atoms with E-state index in [0.29, 0.717) is 0 Å². The highest BCUT2D eigenvalue weighted by atomic mass is 32.2. The zero-order valence-electron chi connectivity index (χ0n) is 10.1. The van der Waals surface area contributed by atoms with Gasteiger partial charge in [0, 0.05) is 19.0 Å². The molecule has 0 aromatic heterocycles. The molecule has 18 heavy (non-hydrogen) atoms. The first-order valence-electron chi connectivity index (χ1n) is 5.07. The number of sulfonamides is 1. The maximum absolute atomic E-state index is 11.5. The van der Waals surface area contributed by atoms with Crippen LogP contribution in [0.1, 0.15) is 6.92 Å². The van der Waals surface area contributed by atoms with Gasteiger partial charge < -0.3 is 5.32 Å². The highest BCUT2D eigenvalue weighted by Gasteiger charge is 2.12. The van der Waals surface area contributed by atoms with E-state index >= 15 is 0 Å². The van der Waals surface area contributed by atoms with Crippen LogP contribution in [-0.2, 0) is 19.6 Å². The van der Waals surface area contributed by atoms with Gasteiger partial charge in [-0.05, 0) is 0 Å². The van der Waals surface area contributed by atoms with E-state index in [0.717, 1.165) is 6.92 Å². The molecule has 0 aliphatic rings. The molecule has 2 N–H and O–H groups in total. The van der Waals surface area contributed by atoms with Crippen LogP contribution in [0.5, 0.6) is 0 Å². The third-order valence-corrected chi connectivity index (χ3v) is 3.08. The molecule has 0 heterocycles. The molecule has 0 aliphatic carbocycles. The average Bonchev–Trinajstić information content (AvgIpc) is 2.23. The van der Waals surface area contributed by atoms with Crippen molar-refractivity contribution < 1.29 is 18.0 Å². The summed E-state index contributed by atoms with van der Waals surface area (Å²) in [7, 11) is -3.70. The molecule has 6 nitrogen and oxygen atoms in total. The van der Waals surface area contributed by atoms with Crippen LogP contribution < -0.4 is 10.0 Å². The van der Waals surface area contributed by atoms with Crippen LogP contribution in [-0.4, -0.2) is 32.5 Å². The first kappa shape index (κ1) is 16.1. The predicted octanol–water partition coefficient (Wildman–Crippen LogP) is -0.133. The third-order valence-electron chi connectivity index (χ3n) is 1.74. The maximum atomic E-state index is 11.5. The lowest BCUT2D eigenvalue weighted by molar-refractivity contribution is -0.117. The van der Waals surface area contributed by atoms with E-state index in [1.54, 1.807) is 4.72 Å². The number of carbonyl (C=O) groups is 2. The molecule has 0 bridgehead atoms. The summed E-state index contributed by atoms with van der Waals surface area (Å²) in [5.41, 5.74) is 0.280. The molecule has 0 rings (SSSR count). The topological polar surface area (TPSA) is 92.3 Å². The molecular formula is C11H16N2O4S. The van der Waals surface area contributed by atoms with Gasteiger partial charge in [0.2, 0.25) is 15.9 Å². The summed E-state index contributed by atoms with van der Waals surface area (Å²) in [6.07, 6.45) is 4.20. The minimum atomic E-state index is -3.70. The number of rotatable bonds is 7. The quantitative estimate of drug-likeness (QED) is 0.498. The van der Waals surface area contributed by atoms with E-state index in [1.807, 2.05) is 0 Å². The molecule has 0 saturated carbocycles. The average molecular weight is 272 g/mol. The van der Waals surface area contributed by atoms with Crippen LogP contribution in [0.25, 0.3) is 0 Å². The monoisotopic (exact) mass is 272 g/mol. The van der Waals surface area contributed by atoms with Crippen molar-refractivity contribution >= 4 is 21.8 Å². The van der Waals surface area contributed by atoms with E-state index in [1.165, 1.54) is 18.2 Å². The van der Waals surface area contributed by atoms with Crippen molar-refractivity contribution in [3.05, 3.63) is 37.0 Å². The van der Waals surface area contributed by atoms with Crippen molar-refractivity contribution in [1.29, 1.82) is 0 Å². The molecule has 0 aliphatic heterocycles. The Bertz CT molecular complexity index is 477. The lowest BCUT2D eigenvalue weighted by Gasteiger charge is -2.06. The van der Waals surface area contributed by atoms with Gasteiger partial charge in [0.25, 0.3) is 5.91 Å². The summed E-state index contributed by atoms with van der Waals surface area (Å²) in [6, 6.07) is 0. The van der Waals surface area contributed by atoms with Gasteiger partial charge in [-0.25, -0.2) is 8.42 Å². The molecule has 7 heteroatoms. The minimum Gasteiger partial charge on any atom is -0.351 e. The Morgan fingerprint density at radius 3 is 2.33 bits per heavy atom. The summed E-state index contributed by atoms with van der Waals surface area (Å²) in [5, 5.41) is 2.39. The Balaban J connectivity index is 4.32. The second kappa shape index (κ2) is 7.44. The first-order valence-corrected chi connectivity index (χ1v) is 6.72. The number of hydrogen-bond donors (Lipinski definition) is 2. The standard InChI is InChI=1S/C11H16N2O4S/c1-4-6-10(5-2)11(15)12-7-8-18(16,17)13-9(3)14/h4-6H,1-2,7-8H2,3H3,(H,12,15)(H,13,14)/b10-6+. The van der Waals surface area contributed by atoms with E-state index < -0.39 is 21.8 Å². The zero-order valence-corrected chi connectivity index (χ0v) is 10.9. The van der Waals surface area contributed by atoms with E-state index in [-0.39, 0.29) is 17.9 Å². The van der Waals surface area contributed by atoms with Crippen molar-refractivity contribution in [1.82, 2.24) is 10.0 Å². The summed E-state index contributed by atoms with van der Waals surface area (Å²) in [5.74, 6) is -1.50. The highest BCUT2D eigenvalue weighted by molar-refractivity contribution is 7.90. The largest absolute Gasteiger partial charge is 0.351 e. The smallest absolute Gasteiger partial charge is 0.251 e. The summed E-state index contributed by atoms with van der Waals surface area (Å²) in [4.78, 5) is 22.1. The SMILES string of the molecule is C=C/C=C(\C=C)C(=O)NCCS(=O)(=O)NC(C)=O. The molecule has 0 atom stereocenters. The van der Waals surface area contributed by atoms with Crippen molar-refractivity contribution in [2.45, 2.75) is 6.92 Å². The van der Waals surface area contributed by atoms with Gasteiger partial charge in [-0.15, -0.1) is 0 Å². The molecule has 0 spiro atoms. The Hall–Kier alpha value is -1.89. The van der Waals surface area contributed by atoms with E-state index in [9.17, 15) is 18.0 Å². The Morgan fingerprint density at radius 2 is 1.89 bits per heavy atom. The number of nitrogens with one attached hydrogen (secondary N) is 2. The summed E-state index contributed by atoms with van der Waals surface area (Å²) in [6.45, 7) is 7.87. The second-order valence-corrected chi connectivity index (χ2v) is 5.14. The fourth-order valence-electron chi connectivity index (χ4n) is 1.03. The lowest BCUT2D eigenvalue weighted by atomic mass is 10.2. The van der Waals surface area contributed by atoms with Gasteiger partial charge in [0.05, 0.1) is 5.75 Å². The maximum Gasteiger partial charge on any atom is 0.251 e. The normalized spacial score (nSPS) is 11.5. The van der Waals surface area contributed by atoms with Gasteiger partial charge in [-0.1, -0.05) is 31.4 Å². The van der Waals surface area contributed by atoms with Gasteiger partial charge in [0.1, 0.15) is 0 Å². The van der Waals surface area contributed by atoms with Crippen LogP contribution >= 0.6 is 0 Å². The lowest BCUT2D eigenvalue weighted by Crippen LogP contribution is -2.36. The summed E-state index contributed by atoms with van der Waals surface area (Å²) >= 11 is 0. The van der Waals surface area contributed by atoms with Crippen molar-refractivity contribution in [2.24, 2.45) is 0 Å². The number of allylic oxidation sites excluding steroid dienone is 2. The molecule has 0 aromatic rings. The molecular weight excluding hydrogens is 256 g/mol. The summed E-state index contributed by atoms with van der Waals surface area (Å²) < 4.78 is 24.3. The van der Waals surface area contributed by atoms with Crippen molar-refractivity contribution in [3.8, 4) is 0 Å². The zero-order chi connectivity index (χ0) is 14.2. The van der Waals surface area contributed by atoms with Crippen LogP contribution in [0.15, 0.2) is 37.0 Å². The molecule has 0 fully saturated rings. The van der Waals surface area contributed by atoms with Gasteiger partial charge in [-0.2, -0.15) is 0 Å². The first-order chi connectivity index (χ1) is 8.32. The highest BCUT2D eigenvalue weighted by Crippen LogP contribution is 1.95. The van der Waals surface area contributed by atoms with Crippen LogP contribution in [0.2, 0.25) is 0 Å². The fraction of sp³-hybridized carbons (Fsp3) is 0.273. The molecule has 0 unspecified atom stereocenters. The van der Waals surface area contributed by atoms with Gasteiger partial charge >= 0.3 is 0 Å². The fourth-order valence-corrected chi connectivity index (χ4v) is 1.95. The van der Waals surface area contributed by atoms with Gasteiger partial charge in [-0.3, -0.25) is 14.3 Å².